The van der Waals surface area contributed by atoms with Crippen LogP contribution in [0.1, 0.15) is 64.7 Å². The third-order valence-corrected chi connectivity index (χ3v) is 2.75. The Bertz CT molecular complexity index is 300. The van der Waals surface area contributed by atoms with E-state index in [-0.39, 0.29) is 31.6 Å². The smallest absolute Gasteiger partial charge is 0.308 e. The van der Waals surface area contributed by atoms with Gasteiger partial charge in [0.1, 0.15) is 0 Å². The Hall–Kier alpha value is -1.59. The summed E-state index contributed by atoms with van der Waals surface area (Å²) < 4.78 is 9.36. The molecule has 0 aliphatic heterocycles. The molecule has 6 nitrogen and oxygen atoms in total. The van der Waals surface area contributed by atoms with Gasteiger partial charge in [-0.1, -0.05) is 32.6 Å². The number of carboxylic acids is 1. The van der Waals surface area contributed by atoms with E-state index in [0.29, 0.717) is 12.8 Å². The molecule has 0 radical (unpaired) electrons. The van der Waals surface area contributed by atoms with Crippen molar-refractivity contribution >= 4 is 17.9 Å². The largest absolute Gasteiger partial charge is 0.481 e. The number of carboxylic acid groups (broad SMARTS) is 1. The molecular formula is C14H24O6. The van der Waals surface area contributed by atoms with E-state index in [2.05, 4.69) is 4.74 Å². The zero-order valence-electron chi connectivity index (χ0n) is 12.1. The molecule has 0 heterocycles. The molecule has 0 rings (SSSR count). The molecule has 0 saturated carbocycles. The summed E-state index contributed by atoms with van der Waals surface area (Å²) in [5, 5.41) is 8.45. The molecule has 6 heteroatoms. The number of ether oxygens (including phenoxy) is 2. The van der Waals surface area contributed by atoms with E-state index in [1.807, 2.05) is 0 Å². The van der Waals surface area contributed by atoms with Crippen LogP contribution in [0.15, 0.2) is 0 Å². The first kappa shape index (κ1) is 18.4. The van der Waals surface area contributed by atoms with Gasteiger partial charge in [-0.3, -0.25) is 14.4 Å². The molecule has 0 atom stereocenters. The third-order valence-electron chi connectivity index (χ3n) is 2.75. The first-order valence-electron chi connectivity index (χ1n) is 7.09. The minimum Gasteiger partial charge on any atom is -0.481 e. The van der Waals surface area contributed by atoms with Crippen molar-refractivity contribution in [1.82, 2.24) is 0 Å². The quantitative estimate of drug-likeness (QED) is 0.337. The van der Waals surface area contributed by atoms with Crippen LogP contribution in [0.4, 0.5) is 0 Å². The monoisotopic (exact) mass is 288 g/mol. The number of aliphatic carboxylic acids is 1. The Balaban J connectivity index is 3.27. The highest BCUT2D eigenvalue weighted by atomic mass is 16.7. The lowest BCUT2D eigenvalue weighted by Crippen LogP contribution is -2.11. The maximum Gasteiger partial charge on any atom is 0.308 e. The number of hydrogen-bond acceptors (Lipinski definition) is 5. The van der Waals surface area contributed by atoms with Crippen LogP contribution in [0.2, 0.25) is 0 Å². The second-order valence-electron chi connectivity index (χ2n) is 4.52. The average molecular weight is 288 g/mol. The molecule has 20 heavy (non-hydrogen) atoms. The first-order valence-corrected chi connectivity index (χ1v) is 7.09. The van der Waals surface area contributed by atoms with E-state index >= 15 is 0 Å². The molecule has 0 amide bonds. The number of esters is 2. The van der Waals surface area contributed by atoms with Crippen molar-refractivity contribution in [3.05, 3.63) is 0 Å². The minimum absolute atomic E-state index is 0.225. The SMILES string of the molecule is CCC(=O)OCOC(=O)CCCCCCCCC(=O)O. The molecule has 0 aromatic carbocycles. The van der Waals surface area contributed by atoms with Crippen molar-refractivity contribution in [3.63, 3.8) is 0 Å². The predicted molar refractivity (Wildman–Crippen MR) is 71.9 cm³/mol. The fraction of sp³-hybridized carbons (Fsp3) is 0.786. The van der Waals surface area contributed by atoms with E-state index in [0.717, 1.165) is 32.1 Å². The van der Waals surface area contributed by atoms with Gasteiger partial charge in [-0.2, -0.15) is 0 Å². The van der Waals surface area contributed by atoms with Crippen LogP contribution in [0, 0.1) is 0 Å². The van der Waals surface area contributed by atoms with Gasteiger partial charge in [-0.05, 0) is 12.8 Å². The van der Waals surface area contributed by atoms with Gasteiger partial charge in [0.25, 0.3) is 0 Å². The number of hydrogen-bond donors (Lipinski definition) is 1. The highest BCUT2D eigenvalue weighted by molar-refractivity contribution is 5.70. The summed E-state index contributed by atoms with van der Waals surface area (Å²) in [6, 6.07) is 0. The lowest BCUT2D eigenvalue weighted by Gasteiger charge is -2.05. The van der Waals surface area contributed by atoms with Gasteiger partial charge in [0.2, 0.25) is 6.79 Å². The van der Waals surface area contributed by atoms with Crippen molar-refractivity contribution < 1.29 is 29.0 Å². The zero-order valence-corrected chi connectivity index (χ0v) is 12.1. The van der Waals surface area contributed by atoms with Gasteiger partial charge in [0.05, 0.1) is 0 Å². The van der Waals surface area contributed by atoms with Gasteiger partial charge in [0.15, 0.2) is 0 Å². The fourth-order valence-electron chi connectivity index (χ4n) is 1.59. The van der Waals surface area contributed by atoms with Gasteiger partial charge in [0, 0.05) is 19.3 Å². The lowest BCUT2D eigenvalue weighted by molar-refractivity contribution is -0.167. The van der Waals surface area contributed by atoms with Crippen molar-refractivity contribution in [2.24, 2.45) is 0 Å². The van der Waals surface area contributed by atoms with Gasteiger partial charge in [-0.25, -0.2) is 0 Å². The van der Waals surface area contributed by atoms with Crippen LogP contribution in [-0.4, -0.2) is 29.8 Å². The average Bonchev–Trinajstić information content (AvgIpc) is 2.41. The van der Waals surface area contributed by atoms with Crippen molar-refractivity contribution in [2.45, 2.75) is 64.7 Å². The zero-order chi connectivity index (χ0) is 15.2. The van der Waals surface area contributed by atoms with Gasteiger partial charge < -0.3 is 14.6 Å². The van der Waals surface area contributed by atoms with E-state index < -0.39 is 5.97 Å². The number of carbonyl (C=O) groups excluding carboxylic acids is 2. The molecule has 0 bridgehead atoms. The summed E-state index contributed by atoms with van der Waals surface area (Å²) in [5.41, 5.74) is 0. The normalized spacial score (nSPS) is 10.1. The molecule has 0 spiro atoms. The summed E-state index contributed by atoms with van der Waals surface area (Å²) in [7, 11) is 0. The fourth-order valence-corrected chi connectivity index (χ4v) is 1.59. The maximum absolute atomic E-state index is 11.2. The molecule has 0 aliphatic carbocycles. The Labute approximate surface area is 119 Å². The van der Waals surface area contributed by atoms with Crippen LogP contribution in [0.25, 0.3) is 0 Å². The standard InChI is InChI=1S/C14H24O6/c1-2-13(17)19-11-20-14(18)10-8-6-4-3-5-7-9-12(15)16/h2-11H2,1H3,(H,15,16). The number of carbonyl (C=O) groups is 3. The lowest BCUT2D eigenvalue weighted by atomic mass is 10.1. The molecule has 0 saturated heterocycles. The molecule has 0 aromatic heterocycles. The highest BCUT2D eigenvalue weighted by Gasteiger charge is 2.04. The number of unbranched alkanes of at least 4 members (excludes halogenated alkanes) is 5. The van der Waals surface area contributed by atoms with E-state index in [9.17, 15) is 14.4 Å². The van der Waals surface area contributed by atoms with Crippen LogP contribution in [-0.2, 0) is 23.9 Å². The van der Waals surface area contributed by atoms with Gasteiger partial charge in [-0.15, -0.1) is 0 Å². The molecule has 0 fully saturated rings. The summed E-state index contributed by atoms with van der Waals surface area (Å²) in [6.07, 6.45) is 6.04. The van der Waals surface area contributed by atoms with Crippen LogP contribution >= 0.6 is 0 Å². The van der Waals surface area contributed by atoms with E-state index in [1.54, 1.807) is 6.92 Å². The molecule has 116 valence electrons. The minimum atomic E-state index is -0.753. The summed E-state index contributed by atoms with van der Waals surface area (Å²) in [4.78, 5) is 32.3. The maximum atomic E-state index is 11.2. The molecule has 1 N–H and O–H groups in total. The van der Waals surface area contributed by atoms with Crippen molar-refractivity contribution in [1.29, 1.82) is 0 Å². The molecule has 0 aliphatic rings. The van der Waals surface area contributed by atoms with Crippen LogP contribution < -0.4 is 0 Å². The Morgan fingerprint density at radius 3 is 1.85 bits per heavy atom. The van der Waals surface area contributed by atoms with Gasteiger partial charge >= 0.3 is 17.9 Å². The summed E-state index contributed by atoms with van der Waals surface area (Å²) >= 11 is 0. The second-order valence-corrected chi connectivity index (χ2v) is 4.52. The third kappa shape index (κ3) is 12.9. The van der Waals surface area contributed by atoms with Crippen molar-refractivity contribution in [2.75, 3.05) is 6.79 Å². The van der Waals surface area contributed by atoms with Crippen LogP contribution in [0.5, 0.6) is 0 Å². The highest BCUT2D eigenvalue weighted by Crippen LogP contribution is 2.09. The topological polar surface area (TPSA) is 89.9 Å². The Morgan fingerprint density at radius 2 is 1.30 bits per heavy atom. The van der Waals surface area contributed by atoms with Crippen LogP contribution in [0.3, 0.4) is 0 Å². The summed E-state index contributed by atoms with van der Waals surface area (Å²) in [6.45, 7) is 1.36. The first-order chi connectivity index (χ1) is 9.56. The van der Waals surface area contributed by atoms with Crippen molar-refractivity contribution in [3.8, 4) is 0 Å². The molecule has 0 unspecified atom stereocenters. The van der Waals surface area contributed by atoms with E-state index in [1.165, 1.54) is 0 Å². The number of rotatable bonds is 12. The second kappa shape index (κ2) is 12.4. The Kier molecular flexibility index (Phi) is 11.5. The predicted octanol–water partition coefficient (Wildman–Crippen LogP) is 2.65. The van der Waals surface area contributed by atoms with E-state index in [4.69, 9.17) is 9.84 Å². The molecular weight excluding hydrogens is 264 g/mol. The molecule has 0 aromatic rings. The Morgan fingerprint density at radius 1 is 0.800 bits per heavy atom. The summed E-state index contributed by atoms with van der Waals surface area (Å²) in [5.74, 6) is -1.50.